The summed E-state index contributed by atoms with van der Waals surface area (Å²) < 4.78 is 37.9. The normalized spacial score (nSPS) is 15.5. The highest BCUT2D eigenvalue weighted by molar-refractivity contribution is 7.89. The number of para-hydroxylation sites is 1. The van der Waals surface area contributed by atoms with Crippen LogP contribution in [0.15, 0.2) is 47.4 Å². The molecule has 0 radical (unpaired) electrons. The number of aryl methyl sites for hydroxylation is 1. The van der Waals surface area contributed by atoms with Gasteiger partial charge in [0.15, 0.2) is 11.9 Å². The van der Waals surface area contributed by atoms with Crippen LogP contribution in [0.2, 0.25) is 0 Å². The van der Waals surface area contributed by atoms with Crippen molar-refractivity contribution >= 4 is 33.4 Å². The van der Waals surface area contributed by atoms with Crippen molar-refractivity contribution in [3.63, 3.8) is 0 Å². The van der Waals surface area contributed by atoms with Crippen LogP contribution in [0.4, 0.5) is 5.69 Å². The van der Waals surface area contributed by atoms with E-state index < -0.39 is 28.0 Å². The number of sulfonamides is 1. The molecule has 1 N–H and O–H groups in total. The molecule has 1 atom stereocenters. The number of carbonyl (C=O) groups is 3. The van der Waals surface area contributed by atoms with Crippen molar-refractivity contribution < 1.29 is 32.3 Å². The van der Waals surface area contributed by atoms with Gasteiger partial charge in [0.2, 0.25) is 10.0 Å². The number of nitrogens with one attached hydrogen (secondary N) is 1. The minimum atomic E-state index is -3.81. The van der Waals surface area contributed by atoms with Gasteiger partial charge in [0, 0.05) is 18.7 Å². The molecule has 176 valence electrons. The van der Waals surface area contributed by atoms with Crippen LogP contribution in [-0.2, 0) is 24.3 Å². The Kier molecular flexibility index (Phi) is 7.62. The lowest BCUT2D eigenvalue weighted by molar-refractivity contribution is -0.123. The van der Waals surface area contributed by atoms with E-state index in [1.165, 1.54) is 36.4 Å². The predicted molar refractivity (Wildman–Crippen MR) is 121 cm³/mol. The molecule has 0 bridgehead atoms. The van der Waals surface area contributed by atoms with Crippen LogP contribution in [0.1, 0.15) is 40.1 Å². The third-order valence-electron chi connectivity index (χ3n) is 5.23. The zero-order valence-electron chi connectivity index (χ0n) is 18.7. The van der Waals surface area contributed by atoms with Gasteiger partial charge in [-0.25, -0.2) is 13.2 Å². The Balaban J connectivity index is 1.74. The lowest BCUT2D eigenvalue weighted by Gasteiger charge is -2.26. The summed E-state index contributed by atoms with van der Waals surface area (Å²) in [5.74, 6) is -1.68. The first kappa shape index (κ1) is 24.6. The number of anilines is 1. The molecule has 0 saturated carbocycles. The van der Waals surface area contributed by atoms with E-state index in [1.807, 2.05) is 0 Å². The van der Waals surface area contributed by atoms with E-state index in [1.54, 1.807) is 31.2 Å². The second-order valence-electron chi connectivity index (χ2n) is 7.64. The minimum Gasteiger partial charge on any atom is -0.449 e. The number of Topliss-reactive ketones (excluding diaryl/α,β-unsaturated/α-hetero) is 1. The zero-order chi connectivity index (χ0) is 24.2. The van der Waals surface area contributed by atoms with E-state index in [0.717, 1.165) is 0 Å². The molecule has 1 fully saturated rings. The predicted octanol–water partition coefficient (Wildman–Crippen LogP) is 2.40. The first-order chi connectivity index (χ1) is 15.6. The number of benzene rings is 2. The van der Waals surface area contributed by atoms with Gasteiger partial charge in [-0.1, -0.05) is 18.2 Å². The maximum Gasteiger partial charge on any atom is 0.338 e. The van der Waals surface area contributed by atoms with Gasteiger partial charge in [-0.05, 0) is 50.6 Å². The first-order valence-corrected chi connectivity index (χ1v) is 11.9. The first-order valence-electron chi connectivity index (χ1n) is 10.4. The molecular formula is C23H26N2O7S. The average Bonchev–Trinajstić information content (AvgIpc) is 2.79. The molecule has 10 heteroatoms. The number of amides is 1. The fourth-order valence-corrected chi connectivity index (χ4v) is 5.01. The summed E-state index contributed by atoms with van der Waals surface area (Å²) in [5, 5.41) is 2.58. The van der Waals surface area contributed by atoms with Gasteiger partial charge in [0.1, 0.15) is 0 Å². The number of nitrogens with zero attached hydrogens (tertiary/aromatic N) is 1. The highest BCUT2D eigenvalue weighted by Crippen LogP contribution is 2.23. The smallest absolute Gasteiger partial charge is 0.338 e. The summed E-state index contributed by atoms with van der Waals surface area (Å²) in [6.45, 7) is 5.49. The Bertz CT molecular complexity index is 1170. The summed E-state index contributed by atoms with van der Waals surface area (Å²) in [5.41, 5.74) is 1.15. The van der Waals surface area contributed by atoms with E-state index in [9.17, 15) is 22.8 Å². The van der Waals surface area contributed by atoms with Crippen molar-refractivity contribution in [2.45, 2.75) is 31.8 Å². The fourth-order valence-electron chi connectivity index (χ4n) is 3.35. The quantitative estimate of drug-likeness (QED) is 0.483. The van der Waals surface area contributed by atoms with Crippen molar-refractivity contribution in [1.82, 2.24) is 4.31 Å². The second kappa shape index (κ2) is 10.2. The van der Waals surface area contributed by atoms with E-state index >= 15 is 0 Å². The number of hydrogen-bond acceptors (Lipinski definition) is 7. The maximum absolute atomic E-state index is 13.0. The number of ether oxygens (including phenoxy) is 2. The van der Waals surface area contributed by atoms with Crippen LogP contribution >= 0.6 is 0 Å². The molecule has 0 spiro atoms. The molecule has 1 amide bonds. The lowest BCUT2D eigenvalue weighted by Crippen LogP contribution is -2.40. The third kappa shape index (κ3) is 5.65. The summed E-state index contributed by atoms with van der Waals surface area (Å²) in [7, 11) is -3.81. The molecule has 1 unspecified atom stereocenters. The highest BCUT2D eigenvalue weighted by atomic mass is 32.2. The Morgan fingerprint density at radius 3 is 2.42 bits per heavy atom. The zero-order valence-corrected chi connectivity index (χ0v) is 19.5. The molecule has 1 saturated heterocycles. The Morgan fingerprint density at radius 2 is 1.76 bits per heavy atom. The molecule has 1 aliphatic rings. The molecule has 1 heterocycles. The largest absolute Gasteiger partial charge is 0.449 e. The maximum atomic E-state index is 13.0. The number of esters is 1. The van der Waals surface area contributed by atoms with Gasteiger partial charge in [-0.2, -0.15) is 4.31 Å². The number of rotatable bonds is 7. The summed E-state index contributed by atoms with van der Waals surface area (Å²) in [4.78, 5) is 36.9. The SMILES string of the molecule is CC(=O)c1ccccc1NC(=O)C(C)OC(=O)c1ccc(C)c(S(=O)(=O)N2CCOCC2)c1. The number of morpholine rings is 1. The molecule has 0 aliphatic carbocycles. The summed E-state index contributed by atoms with van der Waals surface area (Å²) in [6, 6.07) is 10.7. The topological polar surface area (TPSA) is 119 Å². The molecule has 1 aliphatic heterocycles. The summed E-state index contributed by atoms with van der Waals surface area (Å²) in [6.07, 6.45) is -1.18. The lowest BCUT2D eigenvalue weighted by atomic mass is 10.1. The molecule has 2 aromatic carbocycles. The van der Waals surface area contributed by atoms with Crippen molar-refractivity contribution in [3.8, 4) is 0 Å². The molecular weight excluding hydrogens is 448 g/mol. The van der Waals surface area contributed by atoms with Gasteiger partial charge in [0.05, 0.1) is 29.4 Å². The number of ketones is 1. The molecule has 9 nitrogen and oxygen atoms in total. The minimum absolute atomic E-state index is 0.00587. The average molecular weight is 475 g/mol. The van der Waals surface area contributed by atoms with Gasteiger partial charge < -0.3 is 14.8 Å². The van der Waals surface area contributed by atoms with E-state index in [0.29, 0.717) is 30.0 Å². The molecule has 33 heavy (non-hydrogen) atoms. The third-order valence-corrected chi connectivity index (χ3v) is 7.27. The monoisotopic (exact) mass is 474 g/mol. The molecule has 0 aromatic heterocycles. The highest BCUT2D eigenvalue weighted by Gasteiger charge is 2.29. The number of carbonyl (C=O) groups excluding carboxylic acids is 3. The Hall–Kier alpha value is -3.08. The van der Waals surface area contributed by atoms with Crippen LogP contribution in [0.25, 0.3) is 0 Å². The summed E-state index contributed by atoms with van der Waals surface area (Å²) >= 11 is 0. The fraction of sp³-hybridized carbons (Fsp3) is 0.348. The van der Waals surface area contributed by atoms with Crippen molar-refractivity contribution in [2.75, 3.05) is 31.6 Å². The van der Waals surface area contributed by atoms with Gasteiger partial charge >= 0.3 is 5.97 Å². The Morgan fingerprint density at radius 1 is 1.09 bits per heavy atom. The standard InChI is InChI=1S/C23H26N2O7S/c1-15-8-9-18(14-21(15)33(29,30)25-10-12-31-13-11-25)23(28)32-17(3)22(27)24-20-7-5-4-6-19(20)16(2)26/h4-9,14,17H,10-13H2,1-3H3,(H,24,27). The van der Waals surface area contributed by atoms with Gasteiger partial charge in [-0.15, -0.1) is 0 Å². The van der Waals surface area contributed by atoms with Crippen LogP contribution in [0, 0.1) is 6.92 Å². The molecule has 2 aromatic rings. The van der Waals surface area contributed by atoms with Crippen LogP contribution < -0.4 is 5.32 Å². The molecule has 3 rings (SSSR count). The second-order valence-corrected chi connectivity index (χ2v) is 9.54. The van der Waals surface area contributed by atoms with Crippen LogP contribution in [0.3, 0.4) is 0 Å². The van der Waals surface area contributed by atoms with Gasteiger partial charge in [0.25, 0.3) is 5.91 Å². The van der Waals surface area contributed by atoms with Crippen LogP contribution in [-0.4, -0.2) is 62.8 Å². The van der Waals surface area contributed by atoms with E-state index in [-0.39, 0.29) is 29.3 Å². The van der Waals surface area contributed by atoms with Crippen molar-refractivity contribution in [1.29, 1.82) is 0 Å². The van der Waals surface area contributed by atoms with Crippen LogP contribution in [0.5, 0.6) is 0 Å². The van der Waals surface area contributed by atoms with E-state index in [4.69, 9.17) is 9.47 Å². The van der Waals surface area contributed by atoms with Crippen molar-refractivity contribution in [2.24, 2.45) is 0 Å². The number of hydrogen-bond donors (Lipinski definition) is 1. The van der Waals surface area contributed by atoms with E-state index in [2.05, 4.69) is 5.32 Å². The van der Waals surface area contributed by atoms with Crippen molar-refractivity contribution in [3.05, 3.63) is 59.2 Å². The van der Waals surface area contributed by atoms with Gasteiger partial charge in [-0.3, -0.25) is 9.59 Å². The Labute approximate surface area is 192 Å².